The lowest BCUT2D eigenvalue weighted by Gasteiger charge is -2.25. The second-order valence-electron chi connectivity index (χ2n) is 7.59. The van der Waals surface area contributed by atoms with Gasteiger partial charge in [0.15, 0.2) is 0 Å². The van der Waals surface area contributed by atoms with Crippen LogP contribution in [0.25, 0.3) is 11.1 Å². The van der Waals surface area contributed by atoms with Gasteiger partial charge in [-0.25, -0.2) is 4.79 Å². The van der Waals surface area contributed by atoms with Crippen molar-refractivity contribution >= 4 is 6.09 Å². The number of amides is 1. The first-order valence-electron chi connectivity index (χ1n) is 9.63. The Kier molecular flexibility index (Phi) is 4.34. The smallest absolute Gasteiger partial charge is 0.410 e. The van der Waals surface area contributed by atoms with Crippen molar-refractivity contribution in [3.63, 3.8) is 0 Å². The molecule has 2 fully saturated rings. The Morgan fingerprint density at radius 2 is 1.79 bits per heavy atom. The van der Waals surface area contributed by atoms with Gasteiger partial charge in [-0.05, 0) is 22.3 Å². The molecule has 0 bridgehead atoms. The highest BCUT2D eigenvalue weighted by Crippen LogP contribution is 2.44. The van der Waals surface area contributed by atoms with Crippen molar-refractivity contribution in [3.8, 4) is 11.1 Å². The zero-order chi connectivity index (χ0) is 19.3. The van der Waals surface area contributed by atoms with Gasteiger partial charge in [0.1, 0.15) is 24.9 Å². The number of nitrogens with zero attached hydrogens (tertiary/aromatic N) is 1. The van der Waals surface area contributed by atoms with Gasteiger partial charge < -0.3 is 19.3 Å². The van der Waals surface area contributed by atoms with E-state index in [2.05, 4.69) is 24.3 Å². The van der Waals surface area contributed by atoms with Gasteiger partial charge in [-0.1, -0.05) is 48.5 Å². The van der Waals surface area contributed by atoms with E-state index in [4.69, 9.17) is 14.2 Å². The predicted molar refractivity (Wildman–Crippen MR) is 102 cm³/mol. The van der Waals surface area contributed by atoms with Gasteiger partial charge in [0.2, 0.25) is 0 Å². The van der Waals surface area contributed by atoms with Crippen molar-refractivity contribution in [3.05, 3.63) is 59.7 Å². The molecule has 0 aromatic heterocycles. The lowest BCUT2D eigenvalue weighted by molar-refractivity contribution is -0.0108. The molecule has 28 heavy (non-hydrogen) atoms. The molecule has 2 heterocycles. The second-order valence-corrected chi connectivity index (χ2v) is 7.59. The fourth-order valence-corrected chi connectivity index (χ4v) is 4.84. The molecular formula is C22H23NO5. The molecule has 0 radical (unpaired) electrons. The molecule has 2 aromatic rings. The van der Waals surface area contributed by atoms with Crippen molar-refractivity contribution in [2.45, 2.75) is 30.3 Å². The van der Waals surface area contributed by atoms with Crippen molar-refractivity contribution in [1.82, 2.24) is 4.90 Å². The molecule has 4 unspecified atom stereocenters. The molecular weight excluding hydrogens is 358 g/mol. The minimum atomic E-state index is -0.717. The van der Waals surface area contributed by atoms with Crippen LogP contribution in [0.4, 0.5) is 4.79 Å². The number of fused-ring (bicyclic) bond motifs is 4. The van der Waals surface area contributed by atoms with Gasteiger partial charge in [0.05, 0.1) is 19.2 Å². The molecule has 1 N–H and O–H groups in total. The van der Waals surface area contributed by atoms with E-state index in [-0.39, 0.29) is 31.3 Å². The van der Waals surface area contributed by atoms with Crippen LogP contribution in [0.5, 0.6) is 0 Å². The number of carbonyl (C=O) groups is 1. The van der Waals surface area contributed by atoms with Crippen molar-refractivity contribution in [2.24, 2.45) is 0 Å². The first kappa shape index (κ1) is 17.7. The second kappa shape index (κ2) is 6.88. The number of likely N-dealkylation sites (tertiary alicyclic amines) is 1. The van der Waals surface area contributed by atoms with Gasteiger partial charge >= 0.3 is 6.09 Å². The van der Waals surface area contributed by atoms with Crippen LogP contribution in [-0.4, -0.2) is 67.3 Å². The standard InChI is InChI=1S/C22H23NO5/c1-26-19-10-23(20-18(24)12-27-21(19)20)22(25)28-11-17-15-8-4-2-6-13(15)14-7-3-5-9-16(14)17/h2-9,17-21,24H,10-12H2,1H3. The molecule has 1 aliphatic carbocycles. The Bertz CT molecular complexity index is 855. The normalized spacial score (nSPS) is 28.1. The highest BCUT2D eigenvalue weighted by Gasteiger charge is 2.53. The molecule has 2 aliphatic heterocycles. The summed E-state index contributed by atoms with van der Waals surface area (Å²) in [7, 11) is 1.59. The molecule has 1 amide bonds. The van der Waals surface area contributed by atoms with Crippen LogP contribution < -0.4 is 0 Å². The summed E-state index contributed by atoms with van der Waals surface area (Å²) >= 11 is 0. The number of carbonyl (C=O) groups excluding carboxylic acids is 1. The van der Waals surface area contributed by atoms with E-state index in [0.29, 0.717) is 6.54 Å². The van der Waals surface area contributed by atoms with Crippen LogP contribution in [0, 0.1) is 0 Å². The topological polar surface area (TPSA) is 68.2 Å². The number of ether oxygens (including phenoxy) is 3. The summed E-state index contributed by atoms with van der Waals surface area (Å²) in [5.74, 6) is 0.0118. The fraction of sp³-hybridized carbons (Fsp3) is 0.409. The zero-order valence-corrected chi connectivity index (χ0v) is 15.7. The number of aliphatic hydroxyl groups excluding tert-OH is 1. The minimum absolute atomic E-state index is 0.0118. The van der Waals surface area contributed by atoms with Crippen LogP contribution in [0.15, 0.2) is 48.5 Å². The molecule has 2 saturated heterocycles. The van der Waals surface area contributed by atoms with Gasteiger partial charge in [0, 0.05) is 13.0 Å². The number of benzene rings is 2. The molecule has 0 spiro atoms. The van der Waals surface area contributed by atoms with Crippen LogP contribution in [0.3, 0.4) is 0 Å². The SMILES string of the molecule is COC1CN(C(=O)OCC2c3ccccc3-c3ccccc32)C2C(O)COC12. The van der Waals surface area contributed by atoms with Crippen LogP contribution in [-0.2, 0) is 14.2 Å². The number of methoxy groups -OCH3 is 1. The summed E-state index contributed by atoms with van der Waals surface area (Å²) < 4.78 is 16.8. The van der Waals surface area contributed by atoms with E-state index in [1.165, 1.54) is 22.3 Å². The van der Waals surface area contributed by atoms with Crippen molar-refractivity contribution in [2.75, 3.05) is 26.9 Å². The molecule has 146 valence electrons. The van der Waals surface area contributed by atoms with Crippen LogP contribution in [0.2, 0.25) is 0 Å². The van der Waals surface area contributed by atoms with Crippen LogP contribution in [0.1, 0.15) is 17.0 Å². The highest BCUT2D eigenvalue weighted by atomic mass is 16.6. The van der Waals surface area contributed by atoms with Crippen molar-refractivity contribution < 1.29 is 24.1 Å². The molecule has 4 atom stereocenters. The predicted octanol–water partition coefficient (Wildman–Crippen LogP) is 2.39. The molecule has 3 aliphatic rings. The van der Waals surface area contributed by atoms with Gasteiger partial charge in [-0.15, -0.1) is 0 Å². The van der Waals surface area contributed by atoms with Gasteiger partial charge in [-0.2, -0.15) is 0 Å². The Hall–Kier alpha value is -2.41. The Morgan fingerprint density at radius 1 is 1.14 bits per heavy atom. The largest absolute Gasteiger partial charge is 0.448 e. The number of hydrogen-bond acceptors (Lipinski definition) is 5. The third-order valence-electron chi connectivity index (χ3n) is 6.17. The van der Waals surface area contributed by atoms with E-state index in [1.807, 2.05) is 24.3 Å². The third-order valence-corrected chi connectivity index (χ3v) is 6.17. The third kappa shape index (κ3) is 2.64. The van der Waals surface area contributed by atoms with Crippen LogP contribution >= 0.6 is 0 Å². The van der Waals surface area contributed by atoms with Gasteiger partial charge in [-0.3, -0.25) is 4.90 Å². The van der Waals surface area contributed by atoms with E-state index >= 15 is 0 Å². The quantitative estimate of drug-likeness (QED) is 0.884. The summed E-state index contributed by atoms with van der Waals surface area (Å²) in [5.41, 5.74) is 4.74. The summed E-state index contributed by atoms with van der Waals surface area (Å²) in [5, 5.41) is 10.2. The maximum atomic E-state index is 12.9. The molecule has 5 rings (SSSR count). The maximum absolute atomic E-state index is 12.9. The zero-order valence-electron chi connectivity index (χ0n) is 15.7. The number of aliphatic hydroxyl groups is 1. The van der Waals surface area contributed by atoms with Gasteiger partial charge in [0.25, 0.3) is 0 Å². The summed E-state index contributed by atoms with van der Waals surface area (Å²) in [6.07, 6.45) is -1.70. The summed E-state index contributed by atoms with van der Waals surface area (Å²) in [6.45, 7) is 0.831. The molecule has 0 saturated carbocycles. The molecule has 6 nitrogen and oxygen atoms in total. The van der Waals surface area contributed by atoms with E-state index in [1.54, 1.807) is 12.0 Å². The minimum Gasteiger partial charge on any atom is -0.448 e. The maximum Gasteiger partial charge on any atom is 0.410 e. The lowest BCUT2D eigenvalue weighted by atomic mass is 9.98. The number of rotatable bonds is 3. The van der Waals surface area contributed by atoms with E-state index in [0.717, 1.165) is 0 Å². The summed E-state index contributed by atoms with van der Waals surface area (Å²) in [6, 6.07) is 16.1. The average Bonchev–Trinajstić information content (AvgIpc) is 3.38. The first-order valence-corrected chi connectivity index (χ1v) is 9.63. The van der Waals surface area contributed by atoms with E-state index in [9.17, 15) is 9.90 Å². The Morgan fingerprint density at radius 3 is 2.43 bits per heavy atom. The van der Waals surface area contributed by atoms with Crippen molar-refractivity contribution in [1.29, 1.82) is 0 Å². The average molecular weight is 381 g/mol. The first-order chi connectivity index (χ1) is 13.7. The monoisotopic (exact) mass is 381 g/mol. The summed E-state index contributed by atoms with van der Waals surface area (Å²) in [4.78, 5) is 14.4. The van der Waals surface area contributed by atoms with E-state index < -0.39 is 18.2 Å². The Labute approximate surface area is 163 Å². The molecule has 6 heteroatoms. The lowest BCUT2D eigenvalue weighted by Crippen LogP contribution is -2.44. The highest BCUT2D eigenvalue weighted by molar-refractivity contribution is 5.79. The Balaban J connectivity index is 1.35. The fourth-order valence-electron chi connectivity index (χ4n) is 4.84. The number of hydrogen-bond donors (Lipinski definition) is 1. The molecule has 2 aromatic carbocycles.